The van der Waals surface area contributed by atoms with Crippen LogP contribution in [0, 0.1) is 11.8 Å². The zero-order chi connectivity index (χ0) is 15.4. The lowest BCUT2D eigenvalue weighted by Gasteiger charge is -2.17. The zero-order valence-corrected chi connectivity index (χ0v) is 12.8. The second kappa shape index (κ2) is 6.61. The van der Waals surface area contributed by atoms with E-state index in [1.807, 2.05) is 38.1 Å². The van der Waals surface area contributed by atoms with Crippen molar-refractivity contribution in [2.45, 2.75) is 20.3 Å². The monoisotopic (exact) mass is 290 g/mol. The number of rotatable bonds is 5. The van der Waals surface area contributed by atoms with Crippen molar-refractivity contribution >= 4 is 17.5 Å². The lowest BCUT2D eigenvalue weighted by molar-refractivity contribution is -0.124. The van der Waals surface area contributed by atoms with Crippen LogP contribution < -0.4 is 15.0 Å². The van der Waals surface area contributed by atoms with Crippen molar-refractivity contribution < 1.29 is 14.3 Å². The van der Waals surface area contributed by atoms with Crippen molar-refractivity contribution in [3.63, 3.8) is 0 Å². The molecule has 0 spiro atoms. The highest BCUT2D eigenvalue weighted by Gasteiger charge is 2.30. The molecule has 0 saturated carbocycles. The summed E-state index contributed by atoms with van der Waals surface area (Å²) < 4.78 is 5.12. The number of carbonyl (C=O) groups is 2. The average Bonchev–Trinajstić information content (AvgIpc) is 2.85. The summed E-state index contributed by atoms with van der Waals surface area (Å²) in [4.78, 5) is 25.4. The van der Waals surface area contributed by atoms with Gasteiger partial charge in [-0.25, -0.2) is 0 Å². The first-order valence-corrected chi connectivity index (χ1v) is 7.23. The number of amides is 2. The smallest absolute Gasteiger partial charge is 0.227 e. The van der Waals surface area contributed by atoms with E-state index in [9.17, 15) is 9.59 Å². The molecule has 1 aromatic rings. The van der Waals surface area contributed by atoms with E-state index in [0.717, 1.165) is 11.4 Å². The average molecular weight is 290 g/mol. The number of nitrogens with one attached hydrogen (secondary N) is 1. The van der Waals surface area contributed by atoms with Crippen LogP contribution in [0.3, 0.4) is 0 Å². The highest BCUT2D eigenvalue weighted by molar-refractivity contribution is 5.95. The molecule has 2 rings (SSSR count). The molecule has 1 saturated heterocycles. The summed E-state index contributed by atoms with van der Waals surface area (Å²) in [5.41, 5.74) is 0.874. The molecule has 1 heterocycles. The number of benzene rings is 1. The second-order valence-electron chi connectivity index (χ2n) is 5.67. The number of hydrogen-bond donors (Lipinski definition) is 1. The van der Waals surface area contributed by atoms with E-state index >= 15 is 0 Å². The first kappa shape index (κ1) is 15.4. The minimum atomic E-state index is -0.0280. The Kier molecular flexibility index (Phi) is 4.83. The Morgan fingerprint density at radius 2 is 2.05 bits per heavy atom. The van der Waals surface area contributed by atoms with Gasteiger partial charge in [-0.1, -0.05) is 13.8 Å². The topological polar surface area (TPSA) is 58.6 Å². The van der Waals surface area contributed by atoms with Crippen LogP contribution >= 0.6 is 0 Å². The number of nitrogens with zero attached hydrogens (tertiary/aromatic N) is 1. The van der Waals surface area contributed by atoms with E-state index in [1.54, 1.807) is 12.0 Å². The van der Waals surface area contributed by atoms with Crippen LogP contribution in [0.1, 0.15) is 20.3 Å². The quantitative estimate of drug-likeness (QED) is 0.900. The molecule has 5 nitrogen and oxygen atoms in total. The fourth-order valence-electron chi connectivity index (χ4n) is 2.38. The summed E-state index contributed by atoms with van der Waals surface area (Å²) in [6, 6.07) is 7.45. The Morgan fingerprint density at radius 3 is 2.62 bits per heavy atom. The van der Waals surface area contributed by atoms with Crippen LogP contribution in [0.15, 0.2) is 24.3 Å². The lowest BCUT2D eigenvalue weighted by Crippen LogP contribution is -2.33. The Morgan fingerprint density at radius 1 is 1.38 bits per heavy atom. The van der Waals surface area contributed by atoms with Crippen LogP contribution in [-0.4, -0.2) is 32.0 Å². The first-order chi connectivity index (χ1) is 10.0. The van der Waals surface area contributed by atoms with Gasteiger partial charge < -0.3 is 15.0 Å². The van der Waals surface area contributed by atoms with Crippen LogP contribution in [0.5, 0.6) is 5.75 Å². The lowest BCUT2D eigenvalue weighted by atomic mass is 10.1. The van der Waals surface area contributed by atoms with Crippen molar-refractivity contribution in [2.75, 3.05) is 25.1 Å². The van der Waals surface area contributed by atoms with E-state index < -0.39 is 0 Å². The van der Waals surface area contributed by atoms with Gasteiger partial charge in [-0.15, -0.1) is 0 Å². The summed E-state index contributed by atoms with van der Waals surface area (Å²) in [7, 11) is 1.61. The molecule has 5 heteroatoms. The maximum atomic E-state index is 12.1. The third-order valence-electron chi connectivity index (χ3n) is 3.68. The number of methoxy groups -OCH3 is 1. The third-order valence-corrected chi connectivity index (χ3v) is 3.68. The van der Waals surface area contributed by atoms with Crippen LogP contribution in [-0.2, 0) is 9.59 Å². The predicted octanol–water partition coefficient (Wildman–Crippen LogP) is 1.82. The molecule has 1 aliphatic rings. The molecule has 1 fully saturated rings. The molecule has 0 bridgehead atoms. The van der Waals surface area contributed by atoms with Crippen molar-refractivity contribution in [1.29, 1.82) is 0 Å². The zero-order valence-electron chi connectivity index (χ0n) is 12.8. The maximum Gasteiger partial charge on any atom is 0.227 e. The highest BCUT2D eigenvalue weighted by Crippen LogP contribution is 2.26. The van der Waals surface area contributed by atoms with Gasteiger partial charge >= 0.3 is 0 Å². The Hall–Kier alpha value is -2.04. The van der Waals surface area contributed by atoms with Crippen molar-refractivity contribution in [3.05, 3.63) is 24.3 Å². The fourth-order valence-corrected chi connectivity index (χ4v) is 2.38. The summed E-state index contributed by atoms with van der Waals surface area (Å²) in [5.74, 6) is 1.04. The molecule has 0 aliphatic carbocycles. The number of hydrogen-bond acceptors (Lipinski definition) is 3. The predicted molar refractivity (Wildman–Crippen MR) is 81.3 cm³/mol. The van der Waals surface area contributed by atoms with Gasteiger partial charge in [0, 0.05) is 37.0 Å². The molecule has 114 valence electrons. The SMILES string of the molecule is COc1ccc(N2CC(CNC(=O)C(C)C)CC2=O)cc1. The number of carbonyl (C=O) groups excluding carboxylic acids is 2. The molecule has 2 amide bonds. The third kappa shape index (κ3) is 3.74. The summed E-state index contributed by atoms with van der Waals surface area (Å²) in [6.07, 6.45) is 0.477. The molecule has 21 heavy (non-hydrogen) atoms. The molecular weight excluding hydrogens is 268 g/mol. The maximum absolute atomic E-state index is 12.1. The van der Waals surface area contributed by atoms with Gasteiger partial charge in [-0.05, 0) is 24.3 Å². The highest BCUT2D eigenvalue weighted by atomic mass is 16.5. The van der Waals surface area contributed by atoms with Gasteiger partial charge in [0.05, 0.1) is 7.11 Å². The largest absolute Gasteiger partial charge is 0.497 e. The Balaban J connectivity index is 1.94. The summed E-state index contributed by atoms with van der Waals surface area (Å²) >= 11 is 0. The Bertz CT molecular complexity index is 511. The minimum Gasteiger partial charge on any atom is -0.497 e. The van der Waals surface area contributed by atoms with Gasteiger partial charge in [-0.3, -0.25) is 9.59 Å². The molecular formula is C16H22N2O3. The summed E-state index contributed by atoms with van der Waals surface area (Å²) in [6.45, 7) is 4.91. The van der Waals surface area contributed by atoms with E-state index in [2.05, 4.69) is 5.32 Å². The molecule has 1 N–H and O–H groups in total. The second-order valence-corrected chi connectivity index (χ2v) is 5.67. The Labute approximate surface area is 125 Å². The molecule has 1 aliphatic heterocycles. The number of anilines is 1. The van der Waals surface area contributed by atoms with E-state index in [1.165, 1.54) is 0 Å². The van der Waals surface area contributed by atoms with E-state index in [4.69, 9.17) is 4.74 Å². The summed E-state index contributed by atoms with van der Waals surface area (Å²) in [5, 5.41) is 2.90. The van der Waals surface area contributed by atoms with Crippen molar-refractivity contribution in [1.82, 2.24) is 5.32 Å². The van der Waals surface area contributed by atoms with Crippen molar-refractivity contribution in [2.24, 2.45) is 11.8 Å². The molecule has 1 atom stereocenters. The molecule has 1 aromatic carbocycles. The van der Waals surface area contributed by atoms with Gasteiger partial charge in [0.25, 0.3) is 0 Å². The van der Waals surface area contributed by atoms with Crippen LogP contribution in [0.2, 0.25) is 0 Å². The molecule has 0 aromatic heterocycles. The van der Waals surface area contributed by atoms with Crippen LogP contribution in [0.4, 0.5) is 5.69 Å². The van der Waals surface area contributed by atoms with Gasteiger partial charge in [0.15, 0.2) is 0 Å². The van der Waals surface area contributed by atoms with E-state index in [-0.39, 0.29) is 23.7 Å². The van der Waals surface area contributed by atoms with Gasteiger partial charge in [0.1, 0.15) is 5.75 Å². The van der Waals surface area contributed by atoms with Crippen molar-refractivity contribution in [3.8, 4) is 5.75 Å². The molecule has 0 radical (unpaired) electrons. The standard InChI is InChI=1S/C16H22N2O3/c1-11(2)16(20)17-9-12-8-15(19)18(10-12)13-4-6-14(21-3)7-5-13/h4-7,11-12H,8-10H2,1-3H3,(H,17,20). The van der Waals surface area contributed by atoms with Gasteiger partial charge in [-0.2, -0.15) is 0 Å². The molecule has 1 unspecified atom stereocenters. The van der Waals surface area contributed by atoms with Gasteiger partial charge in [0.2, 0.25) is 11.8 Å². The van der Waals surface area contributed by atoms with E-state index in [0.29, 0.717) is 19.5 Å². The normalized spacial score (nSPS) is 18.2. The number of ether oxygens (including phenoxy) is 1. The fraction of sp³-hybridized carbons (Fsp3) is 0.500. The minimum absolute atomic E-state index is 0.0280. The first-order valence-electron chi connectivity index (χ1n) is 7.23. The van der Waals surface area contributed by atoms with Crippen LogP contribution in [0.25, 0.3) is 0 Å².